The fraction of sp³-hybridized carbons (Fsp3) is 0.250. The minimum Gasteiger partial charge on any atom is -0.497 e. The van der Waals surface area contributed by atoms with Gasteiger partial charge in [-0.15, -0.1) is 0 Å². The van der Waals surface area contributed by atoms with Crippen LogP contribution in [0.4, 0.5) is 4.39 Å². The smallest absolute Gasteiger partial charge is 0.336 e. The van der Waals surface area contributed by atoms with Crippen molar-refractivity contribution in [3.63, 3.8) is 0 Å². The Morgan fingerprint density at radius 2 is 1.90 bits per heavy atom. The summed E-state index contributed by atoms with van der Waals surface area (Å²) in [5, 5.41) is 13.3. The first-order valence-corrected chi connectivity index (χ1v) is 10.0. The first-order valence-electron chi connectivity index (χ1n) is 9.66. The van der Waals surface area contributed by atoms with Crippen LogP contribution in [0.2, 0.25) is 5.02 Å². The fourth-order valence-electron chi connectivity index (χ4n) is 3.71. The maximum absolute atomic E-state index is 13.6. The number of aryl methyl sites for hydroxylation is 1. The van der Waals surface area contributed by atoms with Crippen molar-refractivity contribution in [3.05, 3.63) is 87.0 Å². The number of benzene rings is 2. The molecule has 1 unspecified atom stereocenters. The van der Waals surface area contributed by atoms with E-state index in [1.807, 2.05) is 24.3 Å². The van der Waals surface area contributed by atoms with Gasteiger partial charge in [-0.1, -0.05) is 29.8 Å². The van der Waals surface area contributed by atoms with Crippen molar-refractivity contribution < 1.29 is 18.7 Å². The van der Waals surface area contributed by atoms with Gasteiger partial charge < -0.3 is 14.8 Å². The first kappa shape index (κ1) is 22.4. The van der Waals surface area contributed by atoms with Crippen LogP contribution in [0.5, 0.6) is 5.75 Å². The molecule has 31 heavy (non-hydrogen) atoms. The van der Waals surface area contributed by atoms with E-state index < -0.39 is 17.7 Å². The number of carbonyl (C=O) groups excluding carboxylic acids is 1. The zero-order valence-electron chi connectivity index (χ0n) is 17.5. The second-order valence-electron chi connectivity index (χ2n) is 7.11. The highest BCUT2D eigenvalue weighted by Crippen LogP contribution is 2.42. The molecule has 0 fully saturated rings. The number of methoxy groups -OCH3 is 2. The van der Waals surface area contributed by atoms with Gasteiger partial charge in [-0.25, -0.2) is 9.18 Å². The lowest BCUT2D eigenvalue weighted by atomic mass is 9.80. The molecule has 0 amide bonds. The quantitative estimate of drug-likeness (QED) is 0.638. The minimum atomic E-state index is -0.752. The number of hydrogen-bond acceptors (Lipinski definition) is 5. The summed E-state index contributed by atoms with van der Waals surface area (Å²) in [7, 11) is 2.89. The summed E-state index contributed by atoms with van der Waals surface area (Å²) in [6, 6.07) is 13.9. The number of rotatable bonds is 6. The highest BCUT2D eigenvalue weighted by molar-refractivity contribution is 6.31. The number of esters is 1. The van der Waals surface area contributed by atoms with Crippen LogP contribution in [0, 0.1) is 17.1 Å². The number of ether oxygens (including phenoxy) is 2. The first-order chi connectivity index (χ1) is 14.9. The van der Waals surface area contributed by atoms with E-state index in [1.54, 1.807) is 14.0 Å². The molecule has 0 aliphatic carbocycles. The molecule has 2 aromatic rings. The van der Waals surface area contributed by atoms with Gasteiger partial charge in [0.2, 0.25) is 0 Å². The molecule has 1 N–H and O–H groups in total. The predicted molar refractivity (Wildman–Crippen MR) is 116 cm³/mol. The van der Waals surface area contributed by atoms with Crippen LogP contribution in [-0.2, 0) is 16.0 Å². The van der Waals surface area contributed by atoms with E-state index >= 15 is 0 Å². The van der Waals surface area contributed by atoms with Crippen molar-refractivity contribution in [2.24, 2.45) is 0 Å². The summed E-state index contributed by atoms with van der Waals surface area (Å²) in [5.41, 5.74) is 3.44. The normalized spacial score (nSPS) is 15.9. The molecule has 0 saturated carbocycles. The van der Waals surface area contributed by atoms with Gasteiger partial charge in [-0.05, 0) is 55.2 Å². The van der Waals surface area contributed by atoms with Crippen LogP contribution in [0.15, 0.2) is 65.0 Å². The Hall–Kier alpha value is -3.30. The largest absolute Gasteiger partial charge is 0.497 e. The molecule has 0 spiro atoms. The van der Waals surface area contributed by atoms with E-state index in [9.17, 15) is 14.4 Å². The Labute approximate surface area is 185 Å². The monoisotopic (exact) mass is 440 g/mol. The SMILES string of the molecule is COC(=O)C1=C(C)NC(CCc2ccc(OC)cc2)=C(C#N)C1c1ccc(F)cc1Cl. The standard InChI is InChI=1S/C24H22ClFN2O3/c1-14-22(24(29)31-3)23(18-10-7-16(26)12-20(18)25)19(13-27)21(28-14)11-6-15-4-8-17(30-2)9-5-15/h4-5,7-10,12,23,28H,6,11H2,1-3H3. The molecule has 3 rings (SSSR count). The molecule has 1 heterocycles. The van der Waals surface area contributed by atoms with Crippen molar-refractivity contribution in [3.8, 4) is 11.8 Å². The summed E-state index contributed by atoms with van der Waals surface area (Å²) in [6.07, 6.45) is 1.21. The van der Waals surface area contributed by atoms with E-state index in [0.29, 0.717) is 35.4 Å². The molecule has 0 bridgehead atoms. The highest BCUT2D eigenvalue weighted by atomic mass is 35.5. The van der Waals surface area contributed by atoms with Crippen LogP contribution in [0.1, 0.15) is 30.4 Å². The molecule has 1 atom stereocenters. The van der Waals surface area contributed by atoms with Crippen molar-refractivity contribution in [1.29, 1.82) is 5.26 Å². The Kier molecular flexibility index (Phi) is 6.98. The van der Waals surface area contributed by atoms with Crippen LogP contribution in [0.25, 0.3) is 0 Å². The third-order valence-corrected chi connectivity index (χ3v) is 5.59. The number of hydrogen-bond donors (Lipinski definition) is 1. The molecule has 7 heteroatoms. The van der Waals surface area contributed by atoms with Crippen molar-refractivity contribution in [2.45, 2.75) is 25.7 Å². The van der Waals surface area contributed by atoms with E-state index in [-0.39, 0.29) is 10.6 Å². The third kappa shape index (κ3) is 4.73. The highest BCUT2D eigenvalue weighted by Gasteiger charge is 2.36. The maximum atomic E-state index is 13.6. The lowest BCUT2D eigenvalue weighted by molar-refractivity contribution is -0.136. The number of allylic oxidation sites excluding steroid dienone is 3. The van der Waals surface area contributed by atoms with Gasteiger partial charge in [0.05, 0.1) is 37.4 Å². The van der Waals surface area contributed by atoms with Gasteiger partial charge >= 0.3 is 5.97 Å². The van der Waals surface area contributed by atoms with Crippen LogP contribution < -0.4 is 10.1 Å². The van der Waals surface area contributed by atoms with Crippen molar-refractivity contribution >= 4 is 17.6 Å². The Balaban J connectivity index is 2.02. The number of nitrogens with one attached hydrogen (secondary N) is 1. The third-order valence-electron chi connectivity index (χ3n) is 5.27. The Morgan fingerprint density at radius 1 is 1.19 bits per heavy atom. The summed E-state index contributed by atoms with van der Waals surface area (Å²) in [5.74, 6) is -1.05. The number of nitriles is 1. The van der Waals surface area contributed by atoms with Crippen LogP contribution >= 0.6 is 11.6 Å². The Morgan fingerprint density at radius 3 is 2.48 bits per heavy atom. The molecule has 1 aliphatic rings. The second-order valence-corrected chi connectivity index (χ2v) is 7.51. The minimum absolute atomic E-state index is 0.142. The van der Waals surface area contributed by atoms with Crippen LogP contribution in [-0.4, -0.2) is 20.2 Å². The van der Waals surface area contributed by atoms with Crippen molar-refractivity contribution in [1.82, 2.24) is 5.32 Å². The average molecular weight is 441 g/mol. The average Bonchev–Trinajstić information content (AvgIpc) is 2.77. The molecular weight excluding hydrogens is 419 g/mol. The summed E-state index contributed by atoms with van der Waals surface area (Å²) < 4.78 is 23.8. The van der Waals surface area contributed by atoms with Gasteiger partial charge in [0, 0.05) is 16.4 Å². The molecular formula is C24H22ClFN2O3. The second kappa shape index (κ2) is 9.67. The van der Waals surface area contributed by atoms with Gasteiger partial charge in [0.1, 0.15) is 11.6 Å². The molecule has 0 saturated heterocycles. The summed E-state index contributed by atoms with van der Waals surface area (Å²) >= 11 is 6.32. The number of halogens is 2. The summed E-state index contributed by atoms with van der Waals surface area (Å²) in [4.78, 5) is 12.6. The summed E-state index contributed by atoms with van der Waals surface area (Å²) in [6.45, 7) is 1.75. The Bertz CT molecular complexity index is 1100. The van der Waals surface area contributed by atoms with Gasteiger partial charge in [0.25, 0.3) is 0 Å². The zero-order chi connectivity index (χ0) is 22.5. The molecule has 2 aromatic carbocycles. The molecule has 160 valence electrons. The van der Waals surface area contributed by atoms with Crippen molar-refractivity contribution in [2.75, 3.05) is 14.2 Å². The number of nitrogens with zero attached hydrogens (tertiary/aromatic N) is 1. The fourth-order valence-corrected chi connectivity index (χ4v) is 3.99. The molecule has 1 aliphatic heterocycles. The van der Waals surface area contributed by atoms with Gasteiger partial charge in [0.15, 0.2) is 0 Å². The number of carbonyl (C=O) groups is 1. The molecule has 5 nitrogen and oxygen atoms in total. The maximum Gasteiger partial charge on any atom is 0.336 e. The lowest BCUT2D eigenvalue weighted by Crippen LogP contribution is -2.29. The van der Waals surface area contributed by atoms with E-state index in [2.05, 4.69) is 11.4 Å². The van der Waals surface area contributed by atoms with Crippen LogP contribution in [0.3, 0.4) is 0 Å². The topological polar surface area (TPSA) is 71.3 Å². The lowest BCUT2D eigenvalue weighted by Gasteiger charge is -2.30. The molecule has 0 aromatic heterocycles. The van der Waals surface area contributed by atoms with Gasteiger partial charge in [-0.3, -0.25) is 0 Å². The molecule has 0 radical (unpaired) electrons. The number of dihydropyridines is 1. The van der Waals surface area contributed by atoms with E-state index in [4.69, 9.17) is 21.1 Å². The van der Waals surface area contributed by atoms with E-state index in [1.165, 1.54) is 25.3 Å². The van der Waals surface area contributed by atoms with E-state index in [0.717, 1.165) is 11.3 Å². The van der Waals surface area contributed by atoms with Gasteiger partial charge in [-0.2, -0.15) is 5.26 Å². The predicted octanol–water partition coefficient (Wildman–Crippen LogP) is 5.03. The zero-order valence-corrected chi connectivity index (χ0v) is 18.2.